The summed E-state index contributed by atoms with van der Waals surface area (Å²) in [5.74, 6) is 0. The predicted molar refractivity (Wildman–Crippen MR) is 63.3 cm³/mol. The molecule has 4 N–H and O–H groups in total. The molecule has 0 fully saturated rings. The quantitative estimate of drug-likeness (QED) is 0.721. The molecule has 0 aliphatic carbocycles. The van der Waals surface area contributed by atoms with Crippen LogP contribution in [0.1, 0.15) is 37.8 Å². The summed E-state index contributed by atoms with van der Waals surface area (Å²) in [5.41, 5.74) is 16.1. The maximum atomic E-state index is 6.08. The Morgan fingerprint density at radius 1 is 1.00 bits per heavy atom. The first-order chi connectivity index (χ1) is 6.70. The fourth-order valence-corrected chi connectivity index (χ4v) is 1.75. The molecule has 2 heteroatoms. The first-order valence-corrected chi connectivity index (χ1v) is 5.36. The van der Waals surface area contributed by atoms with Crippen molar-refractivity contribution in [1.82, 2.24) is 0 Å². The lowest BCUT2D eigenvalue weighted by Crippen LogP contribution is -2.03. The Morgan fingerprint density at radius 2 is 1.64 bits per heavy atom. The summed E-state index contributed by atoms with van der Waals surface area (Å²) >= 11 is 0. The molecule has 0 atom stereocenters. The van der Waals surface area contributed by atoms with Crippen LogP contribution >= 0.6 is 0 Å². The number of anilines is 2. The third-order valence-corrected chi connectivity index (χ3v) is 2.50. The van der Waals surface area contributed by atoms with Crippen LogP contribution in [0.25, 0.3) is 0 Å². The molecule has 0 saturated heterocycles. The molecule has 14 heavy (non-hydrogen) atoms. The van der Waals surface area contributed by atoms with Gasteiger partial charge in [0, 0.05) is 11.4 Å². The second-order valence-electron chi connectivity index (χ2n) is 3.71. The lowest BCUT2D eigenvalue weighted by molar-refractivity contribution is 0.902. The molecule has 78 valence electrons. The van der Waals surface area contributed by atoms with Crippen molar-refractivity contribution in [3.63, 3.8) is 0 Å². The van der Waals surface area contributed by atoms with E-state index in [1.54, 1.807) is 0 Å². The van der Waals surface area contributed by atoms with E-state index in [4.69, 9.17) is 11.5 Å². The lowest BCUT2D eigenvalue weighted by atomic mass is 9.99. The molecule has 0 aromatic heterocycles. The molecule has 2 nitrogen and oxygen atoms in total. The van der Waals surface area contributed by atoms with Crippen LogP contribution < -0.4 is 11.5 Å². The summed E-state index contributed by atoms with van der Waals surface area (Å²) in [4.78, 5) is 0. The highest BCUT2D eigenvalue weighted by Gasteiger charge is 2.07. The molecule has 0 bridgehead atoms. The molecule has 1 aromatic rings. The van der Waals surface area contributed by atoms with Gasteiger partial charge >= 0.3 is 0 Å². The van der Waals surface area contributed by atoms with E-state index in [1.165, 1.54) is 5.56 Å². The minimum absolute atomic E-state index is 0.837. The van der Waals surface area contributed by atoms with E-state index in [0.717, 1.165) is 42.6 Å². The van der Waals surface area contributed by atoms with E-state index < -0.39 is 0 Å². The van der Waals surface area contributed by atoms with Crippen LogP contribution in [-0.4, -0.2) is 0 Å². The van der Waals surface area contributed by atoms with Gasteiger partial charge in [-0.05, 0) is 30.0 Å². The molecule has 0 radical (unpaired) electrons. The molecule has 0 spiro atoms. The SMILES string of the molecule is CCCc1ccc(N)c(CCC)c1N. The van der Waals surface area contributed by atoms with Crippen LogP contribution in [0.5, 0.6) is 0 Å². The van der Waals surface area contributed by atoms with Crippen molar-refractivity contribution in [3.8, 4) is 0 Å². The van der Waals surface area contributed by atoms with Crippen molar-refractivity contribution in [2.24, 2.45) is 0 Å². The van der Waals surface area contributed by atoms with E-state index in [1.807, 2.05) is 12.1 Å². The van der Waals surface area contributed by atoms with Crippen LogP contribution in [0.4, 0.5) is 11.4 Å². The Hall–Kier alpha value is -1.18. The van der Waals surface area contributed by atoms with Gasteiger partial charge < -0.3 is 11.5 Å². The smallest absolute Gasteiger partial charge is 0.0399 e. The normalized spacial score (nSPS) is 10.4. The number of hydrogen-bond donors (Lipinski definition) is 2. The highest BCUT2D eigenvalue weighted by atomic mass is 14.6. The third kappa shape index (κ3) is 2.19. The maximum absolute atomic E-state index is 6.08. The second-order valence-corrected chi connectivity index (χ2v) is 3.71. The number of rotatable bonds is 4. The number of nitrogen functional groups attached to an aromatic ring is 2. The number of benzene rings is 1. The third-order valence-electron chi connectivity index (χ3n) is 2.50. The monoisotopic (exact) mass is 192 g/mol. The van der Waals surface area contributed by atoms with Crippen molar-refractivity contribution in [2.45, 2.75) is 39.5 Å². The van der Waals surface area contributed by atoms with Crippen LogP contribution in [0.2, 0.25) is 0 Å². The number of aryl methyl sites for hydroxylation is 1. The summed E-state index contributed by atoms with van der Waals surface area (Å²) < 4.78 is 0. The Bertz CT molecular complexity index is 305. The molecular weight excluding hydrogens is 172 g/mol. The van der Waals surface area contributed by atoms with Crippen molar-refractivity contribution in [2.75, 3.05) is 11.5 Å². The Kier molecular flexibility index (Phi) is 3.81. The first-order valence-electron chi connectivity index (χ1n) is 5.36. The molecule has 0 heterocycles. The van der Waals surface area contributed by atoms with Crippen molar-refractivity contribution < 1.29 is 0 Å². The summed E-state index contributed by atoms with van der Waals surface area (Å²) in [6.45, 7) is 4.31. The van der Waals surface area contributed by atoms with Crippen LogP contribution in [-0.2, 0) is 12.8 Å². The van der Waals surface area contributed by atoms with Crippen molar-refractivity contribution in [1.29, 1.82) is 0 Å². The van der Waals surface area contributed by atoms with E-state index in [-0.39, 0.29) is 0 Å². The van der Waals surface area contributed by atoms with E-state index >= 15 is 0 Å². The van der Waals surface area contributed by atoms with Gasteiger partial charge in [-0.2, -0.15) is 0 Å². The summed E-state index contributed by atoms with van der Waals surface area (Å²) in [6, 6.07) is 4.03. The van der Waals surface area contributed by atoms with Gasteiger partial charge in [0.25, 0.3) is 0 Å². The zero-order valence-corrected chi connectivity index (χ0v) is 9.14. The number of hydrogen-bond acceptors (Lipinski definition) is 2. The lowest BCUT2D eigenvalue weighted by Gasteiger charge is -2.12. The van der Waals surface area contributed by atoms with Crippen LogP contribution in [0.3, 0.4) is 0 Å². The summed E-state index contributed by atoms with van der Waals surface area (Å²) in [5, 5.41) is 0. The standard InChI is InChI=1S/C12H20N2/c1-3-5-9-7-8-11(13)10(6-4-2)12(9)14/h7-8H,3-6,13-14H2,1-2H3. The molecule has 0 unspecified atom stereocenters. The van der Waals surface area contributed by atoms with Crippen molar-refractivity contribution in [3.05, 3.63) is 23.3 Å². The van der Waals surface area contributed by atoms with Gasteiger partial charge in [-0.25, -0.2) is 0 Å². The minimum Gasteiger partial charge on any atom is -0.398 e. The fourth-order valence-electron chi connectivity index (χ4n) is 1.75. The largest absolute Gasteiger partial charge is 0.398 e. The van der Waals surface area contributed by atoms with Crippen LogP contribution in [0.15, 0.2) is 12.1 Å². The van der Waals surface area contributed by atoms with Gasteiger partial charge in [0.2, 0.25) is 0 Å². The summed E-state index contributed by atoms with van der Waals surface area (Å²) in [7, 11) is 0. The molecule has 1 rings (SSSR count). The highest BCUT2D eigenvalue weighted by Crippen LogP contribution is 2.26. The average Bonchev–Trinajstić information content (AvgIpc) is 2.17. The molecule has 0 aliphatic rings. The van der Waals surface area contributed by atoms with Crippen LogP contribution in [0, 0.1) is 0 Å². The topological polar surface area (TPSA) is 52.0 Å². The Morgan fingerprint density at radius 3 is 2.21 bits per heavy atom. The minimum atomic E-state index is 0.837. The maximum Gasteiger partial charge on any atom is 0.0399 e. The summed E-state index contributed by atoms with van der Waals surface area (Å²) in [6.07, 6.45) is 4.24. The highest BCUT2D eigenvalue weighted by molar-refractivity contribution is 5.65. The Labute approximate surface area is 86.3 Å². The number of nitrogens with two attached hydrogens (primary N) is 2. The van der Waals surface area contributed by atoms with E-state index in [9.17, 15) is 0 Å². The van der Waals surface area contributed by atoms with Gasteiger partial charge in [0.15, 0.2) is 0 Å². The van der Waals surface area contributed by atoms with Crippen molar-refractivity contribution >= 4 is 11.4 Å². The fraction of sp³-hybridized carbons (Fsp3) is 0.500. The zero-order chi connectivity index (χ0) is 10.6. The Balaban J connectivity index is 3.05. The van der Waals surface area contributed by atoms with E-state index in [2.05, 4.69) is 13.8 Å². The predicted octanol–water partition coefficient (Wildman–Crippen LogP) is 2.76. The van der Waals surface area contributed by atoms with E-state index in [0.29, 0.717) is 0 Å². The molecule has 0 amide bonds. The molecular formula is C12H20N2. The van der Waals surface area contributed by atoms with Gasteiger partial charge in [-0.15, -0.1) is 0 Å². The molecule has 0 saturated carbocycles. The van der Waals surface area contributed by atoms with Gasteiger partial charge in [-0.1, -0.05) is 32.8 Å². The second kappa shape index (κ2) is 4.89. The van der Waals surface area contributed by atoms with Gasteiger partial charge in [0.1, 0.15) is 0 Å². The van der Waals surface area contributed by atoms with Gasteiger partial charge in [-0.3, -0.25) is 0 Å². The molecule has 0 aliphatic heterocycles. The molecule has 1 aromatic carbocycles. The average molecular weight is 192 g/mol. The first kappa shape index (κ1) is 10.9. The zero-order valence-electron chi connectivity index (χ0n) is 9.14. The van der Waals surface area contributed by atoms with Gasteiger partial charge in [0.05, 0.1) is 0 Å².